The van der Waals surface area contributed by atoms with Crippen molar-refractivity contribution < 1.29 is 14.3 Å². The lowest BCUT2D eigenvalue weighted by atomic mass is 10.2. The van der Waals surface area contributed by atoms with E-state index in [9.17, 15) is 4.79 Å². The Labute approximate surface area is 120 Å². The number of aromatic nitrogens is 1. The van der Waals surface area contributed by atoms with Crippen LogP contribution >= 0.6 is 22.7 Å². The summed E-state index contributed by atoms with van der Waals surface area (Å²) in [7, 11) is 0. The molecular formula is C14H7NO3S2. The first-order valence-electron chi connectivity index (χ1n) is 5.82. The number of nitrogens with zero attached hydrogens (tertiary/aromatic N) is 1. The molecule has 0 bridgehead atoms. The first-order valence-corrected chi connectivity index (χ1v) is 7.52. The van der Waals surface area contributed by atoms with E-state index in [4.69, 9.17) is 9.52 Å². The van der Waals surface area contributed by atoms with Crippen molar-refractivity contribution in [3.05, 3.63) is 41.3 Å². The number of rotatable bonds is 2. The molecule has 0 unspecified atom stereocenters. The van der Waals surface area contributed by atoms with Crippen LogP contribution < -0.4 is 0 Å². The Morgan fingerprint density at radius 3 is 2.95 bits per heavy atom. The second-order valence-corrected chi connectivity index (χ2v) is 6.27. The molecule has 0 fully saturated rings. The summed E-state index contributed by atoms with van der Waals surface area (Å²) in [6, 6.07) is 9.03. The summed E-state index contributed by atoms with van der Waals surface area (Å²) < 4.78 is 8.04. The van der Waals surface area contributed by atoms with Crippen LogP contribution in [0.3, 0.4) is 0 Å². The maximum absolute atomic E-state index is 11.2. The number of hydrogen-bond acceptors (Lipinski definition) is 5. The molecular weight excluding hydrogens is 294 g/mol. The van der Waals surface area contributed by atoms with E-state index in [1.807, 2.05) is 11.4 Å². The van der Waals surface area contributed by atoms with E-state index in [2.05, 4.69) is 11.1 Å². The van der Waals surface area contributed by atoms with E-state index in [1.165, 1.54) is 15.5 Å². The lowest BCUT2D eigenvalue weighted by molar-refractivity contribution is 0.0698. The van der Waals surface area contributed by atoms with Crippen LogP contribution in [0.1, 0.15) is 10.4 Å². The smallest absolute Gasteiger partial charge is 0.339 e. The van der Waals surface area contributed by atoms with Gasteiger partial charge in [0.15, 0.2) is 5.58 Å². The Hall–Kier alpha value is -2.18. The average Bonchev–Trinajstić information content (AvgIpc) is 3.10. The van der Waals surface area contributed by atoms with Crippen LogP contribution in [0.15, 0.2) is 40.1 Å². The van der Waals surface area contributed by atoms with E-state index in [0.29, 0.717) is 17.0 Å². The van der Waals surface area contributed by atoms with Gasteiger partial charge in [0.1, 0.15) is 11.1 Å². The summed E-state index contributed by atoms with van der Waals surface area (Å²) in [5, 5.41) is 11.2. The molecule has 0 aliphatic carbocycles. The Bertz CT molecular complexity index is 919. The molecule has 0 amide bonds. The Kier molecular flexibility index (Phi) is 2.42. The van der Waals surface area contributed by atoms with Crippen LogP contribution in [0.2, 0.25) is 0 Å². The Morgan fingerprint density at radius 2 is 2.15 bits per heavy atom. The molecule has 1 aromatic carbocycles. The fourth-order valence-corrected chi connectivity index (χ4v) is 4.13. The number of aromatic carboxylic acids is 1. The topological polar surface area (TPSA) is 63.3 Å². The Morgan fingerprint density at radius 1 is 1.25 bits per heavy atom. The molecule has 0 atom stereocenters. The van der Waals surface area contributed by atoms with E-state index < -0.39 is 5.97 Å². The summed E-state index contributed by atoms with van der Waals surface area (Å²) in [5.41, 5.74) is 1.03. The van der Waals surface area contributed by atoms with Crippen molar-refractivity contribution in [3.8, 4) is 10.8 Å². The number of carboxylic acids is 1. The number of benzene rings is 1. The van der Waals surface area contributed by atoms with Crippen LogP contribution in [0.25, 0.3) is 31.3 Å². The van der Waals surface area contributed by atoms with Crippen molar-refractivity contribution in [2.24, 2.45) is 0 Å². The molecule has 98 valence electrons. The number of carbonyl (C=O) groups is 1. The van der Waals surface area contributed by atoms with Gasteiger partial charge >= 0.3 is 5.97 Å². The lowest BCUT2D eigenvalue weighted by Crippen LogP contribution is -1.95. The third-order valence-electron chi connectivity index (χ3n) is 3.00. The quantitative estimate of drug-likeness (QED) is 0.593. The van der Waals surface area contributed by atoms with E-state index in [1.54, 1.807) is 34.8 Å². The minimum Gasteiger partial charge on any atom is -0.478 e. The van der Waals surface area contributed by atoms with Gasteiger partial charge in [-0.1, -0.05) is 6.07 Å². The Balaban J connectivity index is 1.94. The van der Waals surface area contributed by atoms with Gasteiger partial charge in [0.25, 0.3) is 0 Å². The summed E-state index contributed by atoms with van der Waals surface area (Å²) in [4.78, 5) is 16.5. The van der Waals surface area contributed by atoms with E-state index in [-0.39, 0.29) is 5.56 Å². The number of carboxylic acid groups (broad SMARTS) is 1. The van der Waals surface area contributed by atoms with Crippen molar-refractivity contribution in [2.75, 3.05) is 0 Å². The van der Waals surface area contributed by atoms with Gasteiger partial charge in [-0.05, 0) is 29.6 Å². The summed E-state index contributed by atoms with van der Waals surface area (Å²) in [5.74, 6) is -0.535. The normalized spacial score (nSPS) is 11.4. The van der Waals surface area contributed by atoms with Crippen LogP contribution in [0.4, 0.5) is 0 Å². The zero-order chi connectivity index (χ0) is 13.7. The van der Waals surface area contributed by atoms with Gasteiger partial charge in [0, 0.05) is 9.40 Å². The van der Waals surface area contributed by atoms with Gasteiger partial charge in [0.2, 0.25) is 5.89 Å². The molecule has 1 N–H and O–H groups in total. The maximum Gasteiger partial charge on any atom is 0.339 e. The molecule has 0 saturated carbocycles. The number of oxazole rings is 1. The standard InChI is InChI=1S/C14H7NO3S2/c16-14(17)7-2-1-3-8-12(7)18-13(15-8)11-6-10-9(20-11)4-5-19-10/h1-6H,(H,16,17). The third kappa shape index (κ3) is 1.65. The second kappa shape index (κ2) is 4.16. The predicted molar refractivity (Wildman–Crippen MR) is 79.7 cm³/mol. The van der Waals surface area contributed by atoms with Crippen molar-refractivity contribution in [2.45, 2.75) is 0 Å². The summed E-state index contributed by atoms with van der Waals surface area (Å²) in [6.07, 6.45) is 0. The van der Waals surface area contributed by atoms with Crippen molar-refractivity contribution in [1.29, 1.82) is 0 Å². The van der Waals surface area contributed by atoms with E-state index >= 15 is 0 Å². The second-order valence-electron chi connectivity index (χ2n) is 4.24. The first-order chi connectivity index (χ1) is 9.72. The first kappa shape index (κ1) is 11.6. The van der Waals surface area contributed by atoms with Crippen molar-refractivity contribution >= 4 is 49.1 Å². The molecule has 4 aromatic rings. The van der Waals surface area contributed by atoms with Crippen LogP contribution in [0, 0.1) is 0 Å². The van der Waals surface area contributed by atoms with Crippen molar-refractivity contribution in [1.82, 2.24) is 4.98 Å². The molecule has 0 spiro atoms. The molecule has 0 aliphatic heterocycles. The minimum atomic E-state index is -1.01. The zero-order valence-corrected chi connectivity index (χ0v) is 11.6. The van der Waals surface area contributed by atoms with Gasteiger partial charge < -0.3 is 9.52 Å². The molecule has 0 radical (unpaired) electrons. The minimum absolute atomic E-state index is 0.139. The molecule has 4 nitrogen and oxygen atoms in total. The SMILES string of the molecule is O=C(O)c1cccc2nc(-c3cc4sccc4s3)oc12. The third-order valence-corrected chi connectivity index (χ3v) is 5.08. The number of para-hydroxylation sites is 1. The number of thiophene rings is 2. The average molecular weight is 301 g/mol. The highest BCUT2D eigenvalue weighted by molar-refractivity contribution is 7.28. The molecule has 20 heavy (non-hydrogen) atoms. The van der Waals surface area contributed by atoms with Gasteiger partial charge in [0.05, 0.1) is 4.88 Å². The highest BCUT2D eigenvalue weighted by Gasteiger charge is 2.17. The molecule has 0 aliphatic rings. The maximum atomic E-state index is 11.2. The lowest BCUT2D eigenvalue weighted by Gasteiger charge is -1.92. The predicted octanol–water partition coefficient (Wildman–Crippen LogP) is 4.47. The van der Waals surface area contributed by atoms with Gasteiger partial charge in [-0.25, -0.2) is 9.78 Å². The fraction of sp³-hybridized carbons (Fsp3) is 0. The number of hydrogen-bond donors (Lipinski definition) is 1. The van der Waals surface area contributed by atoms with E-state index in [0.717, 1.165) is 4.88 Å². The molecule has 6 heteroatoms. The zero-order valence-electron chi connectivity index (χ0n) is 9.99. The molecule has 3 aromatic heterocycles. The largest absolute Gasteiger partial charge is 0.478 e. The van der Waals surface area contributed by atoms with Crippen LogP contribution in [-0.2, 0) is 0 Å². The summed E-state index contributed by atoms with van der Waals surface area (Å²) in [6.45, 7) is 0. The van der Waals surface area contributed by atoms with Crippen molar-refractivity contribution in [3.63, 3.8) is 0 Å². The van der Waals surface area contributed by atoms with Gasteiger partial charge in [-0.15, -0.1) is 22.7 Å². The molecule has 3 heterocycles. The molecule has 4 rings (SSSR count). The van der Waals surface area contributed by atoms with Gasteiger partial charge in [-0.3, -0.25) is 0 Å². The van der Waals surface area contributed by atoms with Gasteiger partial charge in [-0.2, -0.15) is 0 Å². The van der Waals surface area contributed by atoms with Crippen LogP contribution in [0.5, 0.6) is 0 Å². The molecule has 0 saturated heterocycles. The monoisotopic (exact) mass is 301 g/mol. The fourth-order valence-electron chi connectivity index (χ4n) is 2.09. The number of fused-ring (bicyclic) bond motifs is 2. The summed E-state index contributed by atoms with van der Waals surface area (Å²) >= 11 is 3.26. The highest BCUT2D eigenvalue weighted by atomic mass is 32.1. The highest BCUT2D eigenvalue weighted by Crippen LogP contribution is 2.37. The van der Waals surface area contributed by atoms with Crippen LogP contribution in [-0.4, -0.2) is 16.1 Å².